The van der Waals surface area contributed by atoms with Gasteiger partial charge in [-0.2, -0.15) is 0 Å². The molecule has 0 amide bonds. The van der Waals surface area contributed by atoms with Crippen molar-refractivity contribution < 1.29 is 13.2 Å². The van der Waals surface area contributed by atoms with Gasteiger partial charge < -0.3 is 0 Å². The normalized spacial score (nSPS) is 10.3. The van der Waals surface area contributed by atoms with Crippen molar-refractivity contribution in [2.45, 2.75) is 12.8 Å². The Kier molecular flexibility index (Phi) is 2.74. The van der Waals surface area contributed by atoms with E-state index in [1.54, 1.807) is 0 Å². The molecular weight excluding hydrogens is 165 g/mol. The molecule has 0 aliphatic heterocycles. The summed E-state index contributed by atoms with van der Waals surface area (Å²) in [4.78, 5) is 0. The summed E-state index contributed by atoms with van der Waals surface area (Å²) in [5, 5.41) is 0. The van der Waals surface area contributed by atoms with Crippen LogP contribution in [0.1, 0.15) is 12.0 Å². The van der Waals surface area contributed by atoms with Crippen molar-refractivity contribution in [3.63, 3.8) is 0 Å². The first kappa shape index (κ1) is 9.10. The lowest BCUT2D eigenvalue weighted by Crippen LogP contribution is -1.96. The van der Waals surface area contributed by atoms with Crippen LogP contribution in [0.5, 0.6) is 0 Å². The lowest BCUT2D eigenvalue weighted by Gasteiger charge is -2.02. The Bertz CT molecular complexity index is 258. The zero-order valence-corrected chi connectivity index (χ0v) is 6.41. The second-order valence-corrected chi connectivity index (χ2v) is 2.45. The van der Waals surface area contributed by atoms with Crippen molar-refractivity contribution in [3.05, 3.63) is 42.1 Å². The van der Waals surface area contributed by atoms with Crippen LogP contribution >= 0.6 is 0 Å². The predicted molar refractivity (Wildman–Crippen MR) is 40.0 cm³/mol. The Labute approximate surface area is 69.0 Å². The van der Waals surface area contributed by atoms with Crippen molar-refractivity contribution in [2.24, 2.45) is 0 Å². The lowest BCUT2D eigenvalue weighted by atomic mass is 10.1. The minimum absolute atomic E-state index is 0.0913. The maximum absolute atomic E-state index is 12.8. The standard InChI is InChI=1S/C9H8F3/c1-2-3-7-8(11)4-6(10)5-9(7)12/h4-5H,1-3H2. The first-order valence-electron chi connectivity index (χ1n) is 3.58. The molecular formula is C9H8F3. The van der Waals surface area contributed by atoms with Gasteiger partial charge in [0.2, 0.25) is 0 Å². The quantitative estimate of drug-likeness (QED) is 0.645. The number of rotatable bonds is 2. The van der Waals surface area contributed by atoms with E-state index >= 15 is 0 Å². The van der Waals surface area contributed by atoms with Crippen molar-refractivity contribution in [2.75, 3.05) is 0 Å². The molecule has 0 aromatic heterocycles. The van der Waals surface area contributed by atoms with Crippen molar-refractivity contribution in [1.82, 2.24) is 0 Å². The van der Waals surface area contributed by atoms with E-state index in [2.05, 4.69) is 6.92 Å². The van der Waals surface area contributed by atoms with E-state index < -0.39 is 17.5 Å². The first-order chi connectivity index (χ1) is 5.65. The lowest BCUT2D eigenvalue weighted by molar-refractivity contribution is 0.523. The molecule has 1 radical (unpaired) electrons. The van der Waals surface area contributed by atoms with Gasteiger partial charge in [-0.25, -0.2) is 13.2 Å². The van der Waals surface area contributed by atoms with Crippen molar-refractivity contribution in [1.29, 1.82) is 0 Å². The average molecular weight is 173 g/mol. The third kappa shape index (κ3) is 1.78. The van der Waals surface area contributed by atoms with Crippen LogP contribution in [0, 0.1) is 24.4 Å². The van der Waals surface area contributed by atoms with Crippen LogP contribution in [-0.2, 0) is 6.42 Å². The summed E-state index contributed by atoms with van der Waals surface area (Å²) >= 11 is 0. The second kappa shape index (κ2) is 3.61. The maximum Gasteiger partial charge on any atom is 0.132 e. The highest BCUT2D eigenvalue weighted by atomic mass is 19.1. The number of hydrogen-bond donors (Lipinski definition) is 0. The van der Waals surface area contributed by atoms with Crippen molar-refractivity contribution >= 4 is 0 Å². The Morgan fingerprint density at radius 3 is 2.00 bits per heavy atom. The molecule has 0 saturated carbocycles. The predicted octanol–water partition coefficient (Wildman–Crippen LogP) is 2.87. The van der Waals surface area contributed by atoms with Crippen LogP contribution in [0.2, 0.25) is 0 Å². The van der Waals surface area contributed by atoms with Gasteiger partial charge in [0, 0.05) is 17.7 Å². The summed E-state index contributed by atoms with van der Waals surface area (Å²) in [6.45, 7) is 3.46. The Morgan fingerprint density at radius 1 is 1.08 bits per heavy atom. The van der Waals surface area contributed by atoms with Gasteiger partial charge in [-0.1, -0.05) is 6.92 Å². The van der Waals surface area contributed by atoms with Gasteiger partial charge >= 0.3 is 0 Å². The molecule has 0 aliphatic rings. The highest BCUT2D eigenvalue weighted by Crippen LogP contribution is 2.15. The maximum atomic E-state index is 12.8. The van der Waals surface area contributed by atoms with E-state index in [1.807, 2.05) is 0 Å². The van der Waals surface area contributed by atoms with Crippen LogP contribution in [0.15, 0.2) is 12.1 Å². The summed E-state index contributed by atoms with van der Waals surface area (Å²) in [6.07, 6.45) is 0.581. The average Bonchev–Trinajstić information content (AvgIpc) is 1.96. The fourth-order valence-electron chi connectivity index (χ4n) is 0.988. The van der Waals surface area contributed by atoms with Gasteiger partial charge in [0.1, 0.15) is 17.5 Å². The number of halogens is 3. The van der Waals surface area contributed by atoms with E-state index in [4.69, 9.17) is 0 Å². The summed E-state index contributed by atoms with van der Waals surface area (Å²) in [7, 11) is 0. The van der Waals surface area contributed by atoms with Crippen LogP contribution in [0.25, 0.3) is 0 Å². The van der Waals surface area contributed by atoms with Gasteiger partial charge in [-0.05, 0) is 12.8 Å². The molecule has 0 N–H and O–H groups in total. The fourth-order valence-corrected chi connectivity index (χ4v) is 0.988. The molecule has 3 heteroatoms. The zero-order valence-electron chi connectivity index (χ0n) is 6.41. The SMILES string of the molecule is [CH2]CCc1c(F)cc(F)cc1F. The summed E-state index contributed by atoms with van der Waals surface area (Å²) < 4.78 is 37.9. The molecule has 0 spiro atoms. The first-order valence-corrected chi connectivity index (χ1v) is 3.58. The molecule has 0 nitrogen and oxygen atoms in total. The van der Waals surface area contributed by atoms with E-state index in [0.717, 1.165) is 0 Å². The smallest absolute Gasteiger partial charge is 0.132 e. The molecule has 1 aromatic rings. The molecule has 0 aliphatic carbocycles. The van der Waals surface area contributed by atoms with E-state index in [-0.39, 0.29) is 12.0 Å². The molecule has 0 unspecified atom stereocenters. The van der Waals surface area contributed by atoms with Crippen LogP contribution in [0.4, 0.5) is 13.2 Å². The minimum Gasteiger partial charge on any atom is -0.207 e. The van der Waals surface area contributed by atoms with Gasteiger partial charge in [0.05, 0.1) is 0 Å². The Hall–Kier alpha value is -0.990. The monoisotopic (exact) mass is 173 g/mol. The summed E-state index contributed by atoms with van der Waals surface area (Å²) in [6, 6.07) is 1.35. The van der Waals surface area contributed by atoms with E-state index in [0.29, 0.717) is 18.6 Å². The highest BCUT2D eigenvalue weighted by molar-refractivity contribution is 5.20. The topological polar surface area (TPSA) is 0 Å². The van der Waals surface area contributed by atoms with Gasteiger partial charge in [-0.15, -0.1) is 0 Å². The van der Waals surface area contributed by atoms with E-state index in [9.17, 15) is 13.2 Å². The molecule has 12 heavy (non-hydrogen) atoms. The summed E-state index contributed by atoms with van der Waals surface area (Å²) in [5.74, 6) is -2.56. The van der Waals surface area contributed by atoms with Crippen LogP contribution < -0.4 is 0 Å². The molecule has 1 rings (SSSR count). The minimum atomic E-state index is -0.891. The number of hydrogen-bond acceptors (Lipinski definition) is 0. The molecule has 0 fully saturated rings. The molecule has 65 valence electrons. The molecule has 1 aromatic carbocycles. The largest absolute Gasteiger partial charge is 0.207 e. The van der Waals surface area contributed by atoms with Gasteiger partial charge in [0.15, 0.2) is 0 Å². The number of benzene rings is 1. The molecule has 0 saturated heterocycles. The van der Waals surface area contributed by atoms with Gasteiger partial charge in [0.25, 0.3) is 0 Å². The third-order valence-electron chi connectivity index (χ3n) is 1.53. The second-order valence-electron chi connectivity index (χ2n) is 2.45. The molecule has 0 bridgehead atoms. The highest BCUT2D eigenvalue weighted by Gasteiger charge is 2.09. The fraction of sp³-hybridized carbons (Fsp3) is 0.222. The molecule has 0 atom stereocenters. The van der Waals surface area contributed by atoms with Crippen LogP contribution in [0.3, 0.4) is 0 Å². The van der Waals surface area contributed by atoms with Gasteiger partial charge in [-0.3, -0.25) is 0 Å². The Morgan fingerprint density at radius 2 is 1.58 bits per heavy atom. The molecule has 0 heterocycles. The summed E-state index contributed by atoms with van der Waals surface area (Å²) in [5.41, 5.74) is -0.0913. The van der Waals surface area contributed by atoms with E-state index in [1.165, 1.54) is 0 Å². The van der Waals surface area contributed by atoms with Crippen molar-refractivity contribution in [3.8, 4) is 0 Å². The Balaban J connectivity index is 3.10. The zero-order chi connectivity index (χ0) is 9.14. The third-order valence-corrected chi connectivity index (χ3v) is 1.53. The van der Waals surface area contributed by atoms with Crippen LogP contribution in [-0.4, -0.2) is 0 Å².